The molecule has 1 aromatic carbocycles. The van der Waals surface area contributed by atoms with E-state index in [-0.39, 0.29) is 17.9 Å². The molecule has 0 aliphatic carbocycles. The standard InChI is InChI=1S/C15H14N4O5/c1-2-24-13-7-10(6-12(14(13)20)19(22)23)8-17-18-15(21)11-4-3-5-16-9-11/h3-9,20H,2H2,1H3,(H,18,21)/b17-8-. The molecule has 0 saturated heterocycles. The summed E-state index contributed by atoms with van der Waals surface area (Å²) in [6.07, 6.45) is 4.12. The highest BCUT2D eigenvalue weighted by molar-refractivity contribution is 5.94. The first-order chi connectivity index (χ1) is 11.5. The van der Waals surface area contributed by atoms with Gasteiger partial charge in [0.05, 0.1) is 23.3 Å². The number of benzene rings is 1. The molecule has 0 saturated carbocycles. The Morgan fingerprint density at radius 1 is 1.54 bits per heavy atom. The fraction of sp³-hybridized carbons (Fsp3) is 0.133. The molecule has 0 radical (unpaired) electrons. The van der Waals surface area contributed by atoms with E-state index in [0.717, 1.165) is 6.07 Å². The van der Waals surface area contributed by atoms with Crippen molar-refractivity contribution in [2.75, 3.05) is 6.61 Å². The third-order valence-corrected chi connectivity index (χ3v) is 2.88. The summed E-state index contributed by atoms with van der Waals surface area (Å²) in [6.45, 7) is 1.91. The lowest BCUT2D eigenvalue weighted by atomic mass is 10.2. The van der Waals surface area contributed by atoms with Crippen LogP contribution in [-0.4, -0.2) is 33.7 Å². The monoisotopic (exact) mass is 330 g/mol. The first-order valence-corrected chi connectivity index (χ1v) is 6.90. The third kappa shape index (κ3) is 4.03. The van der Waals surface area contributed by atoms with Gasteiger partial charge in [-0.05, 0) is 25.1 Å². The van der Waals surface area contributed by atoms with E-state index in [2.05, 4.69) is 15.5 Å². The maximum Gasteiger partial charge on any atom is 0.315 e. The number of aromatic nitrogens is 1. The topological polar surface area (TPSA) is 127 Å². The average Bonchev–Trinajstić information content (AvgIpc) is 2.58. The van der Waals surface area contributed by atoms with Crippen LogP contribution in [0.4, 0.5) is 5.69 Å². The minimum absolute atomic E-state index is 0.0354. The summed E-state index contributed by atoms with van der Waals surface area (Å²) in [5.41, 5.74) is 2.37. The van der Waals surface area contributed by atoms with Gasteiger partial charge in [-0.15, -0.1) is 0 Å². The van der Waals surface area contributed by atoms with Gasteiger partial charge in [0.15, 0.2) is 5.75 Å². The lowest BCUT2D eigenvalue weighted by molar-refractivity contribution is -0.386. The Morgan fingerprint density at radius 3 is 2.96 bits per heavy atom. The van der Waals surface area contributed by atoms with E-state index in [1.54, 1.807) is 19.1 Å². The van der Waals surface area contributed by atoms with Crippen molar-refractivity contribution in [1.29, 1.82) is 0 Å². The Labute approximate surface area is 136 Å². The number of nitrogens with one attached hydrogen (secondary N) is 1. The number of hydrogen-bond donors (Lipinski definition) is 2. The van der Waals surface area contributed by atoms with E-state index < -0.39 is 22.3 Å². The van der Waals surface area contributed by atoms with Crippen molar-refractivity contribution in [3.63, 3.8) is 0 Å². The highest BCUT2D eigenvalue weighted by atomic mass is 16.6. The molecule has 0 aliphatic heterocycles. The van der Waals surface area contributed by atoms with Crippen LogP contribution < -0.4 is 10.2 Å². The zero-order valence-corrected chi connectivity index (χ0v) is 12.7. The van der Waals surface area contributed by atoms with Gasteiger partial charge in [-0.2, -0.15) is 5.10 Å². The summed E-state index contributed by atoms with van der Waals surface area (Å²) >= 11 is 0. The molecular formula is C15H14N4O5. The van der Waals surface area contributed by atoms with Crippen LogP contribution >= 0.6 is 0 Å². The number of carbonyl (C=O) groups is 1. The lowest BCUT2D eigenvalue weighted by Gasteiger charge is -2.07. The maximum atomic E-state index is 11.8. The van der Waals surface area contributed by atoms with Crippen molar-refractivity contribution in [3.8, 4) is 11.5 Å². The fourth-order valence-corrected chi connectivity index (χ4v) is 1.82. The van der Waals surface area contributed by atoms with Crippen molar-refractivity contribution in [3.05, 3.63) is 57.9 Å². The highest BCUT2D eigenvalue weighted by Crippen LogP contribution is 2.36. The summed E-state index contributed by atoms with van der Waals surface area (Å²) in [5, 5.41) is 24.5. The molecule has 1 amide bonds. The van der Waals surface area contributed by atoms with Gasteiger partial charge in [-0.3, -0.25) is 19.9 Å². The van der Waals surface area contributed by atoms with Crippen LogP contribution in [0.3, 0.4) is 0 Å². The molecule has 9 heteroatoms. The molecule has 24 heavy (non-hydrogen) atoms. The minimum atomic E-state index is -0.733. The zero-order chi connectivity index (χ0) is 17.5. The molecule has 124 valence electrons. The Balaban J connectivity index is 2.19. The SMILES string of the molecule is CCOc1cc(/C=N\NC(=O)c2cccnc2)cc([N+](=O)[O-])c1O. The fourth-order valence-electron chi connectivity index (χ4n) is 1.82. The number of hydrazone groups is 1. The third-order valence-electron chi connectivity index (χ3n) is 2.88. The van der Waals surface area contributed by atoms with Crippen LogP contribution in [0.15, 0.2) is 41.8 Å². The number of ether oxygens (including phenoxy) is 1. The lowest BCUT2D eigenvalue weighted by Crippen LogP contribution is -2.17. The first kappa shape index (κ1) is 16.9. The number of rotatable bonds is 6. The quantitative estimate of drug-likeness (QED) is 0.473. The Bertz CT molecular complexity index is 777. The summed E-state index contributed by atoms with van der Waals surface area (Å²) in [4.78, 5) is 25.8. The van der Waals surface area contributed by atoms with E-state index in [4.69, 9.17) is 4.74 Å². The van der Waals surface area contributed by atoms with Crippen LogP contribution in [0.5, 0.6) is 11.5 Å². The second-order valence-electron chi connectivity index (χ2n) is 4.52. The Morgan fingerprint density at radius 2 is 2.33 bits per heavy atom. The largest absolute Gasteiger partial charge is 0.500 e. The van der Waals surface area contributed by atoms with Gasteiger partial charge in [0.1, 0.15) is 0 Å². The molecule has 2 aromatic rings. The van der Waals surface area contributed by atoms with E-state index in [1.807, 2.05) is 0 Å². The number of carbonyl (C=O) groups excluding carboxylic acids is 1. The number of pyridine rings is 1. The van der Waals surface area contributed by atoms with Crippen LogP contribution in [0.1, 0.15) is 22.8 Å². The molecule has 0 aliphatic rings. The molecule has 1 aromatic heterocycles. The zero-order valence-electron chi connectivity index (χ0n) is 12.7. The van der Waals surface area contributed by atoms with Crippen molar-refractivity contribution in [2.45, 2.75) is 6.92 Å². The number of amides is 1. The van der Waals surface area contributed by atoms with E-state index in [0.29, 0.717) is 5.56 Å². The average molecular weight is 330 g/mol. The van der Waals surface area contributed by atoms with E-state index in [9.17, 15) is 20.0 Å². The van der Waals surface area contributed by atoms with Crippen LogP contribution in [0, 0.1) is 10.1 Å². The number of nitro benzene ring substituents is 1. The molecule has 0 spiro atoms. The summed E-state index contributed by atoms with van der Waals surface area (Å²) < 4.78 is 5.15. The van der Waals surface area contributed by atoms with Crippen LogP contribution in [-0.2, 0) is 0 Å². The van der Waals surface area contributed by atoms with Crippen LogP contribution in [0.2, 0.25) is 0 Å². The molecule has 2 N–H and O–H groups in total. The summed E-state index contributed by atoms with van der Waals surface area (Å²) in [5.74, 6) is -1.07. The molecule has 2 rings (SSSR count). The predicted molar refractivity (Wildman–Crippen MR) is 85.2 cm³/mol. The van der Waals surface area contributed by atoms with E-state index in [1.165, 1.54) is 24.7 Å². The number of aromatic hydroxyl groups is 1. The van der Waals surface area contributed by atoms with Gasteiger partial charge < -0.3 is 9.84 Å². The number of nitro groups is 1. The molecule has 0 fully saturated rings. The molecule has 0 bridgehead atoms. The molecular weight excluding hydrogens is 316 g/mol. The highest BCUT2D eigenvalue weighted by Gasteiger charge is 2.19. The molecule has 0 atom stereocenters. The van der Waals surface area contributed by atoms with Gasteiger partial charge in [0, 0.05) is 24.0 Å². The van der Waals surface area contributed by atoms with E-state index >= 15 is 0 Å². The predicted octanol–water partition coefficient (Wildman–Crippen LogP) is 1.86. The van der Waals surface area contributed by atoms with Crippen molar-refractivity contribution in [1.82, 2.24) is 10.4 Å². The maximum absolute atomic E-state index is 11.8. The number of hydrogen-bond acceptors (Lipinski definition) is 7. The normalized spacial score (nSPS) is 10.5. The van der Waals surface area contributed by atoms with Crippen LogP contribution in [0.25, 0.3) is 0 Å². The summed E-state index contributed by atoms with van der Waals surface area (Å²) in [6, 6.07) is 5.68. The second-order valence-corrected chi connectivity index (χ2v) is 4.52. The smallest absolute Gasteiger partial charge is 0.315 e. The summed E-state index contributed by atoms with van der Waals surface area (Å²) in [7, 11) is 0. The molecule has 1 heterocycles. The Hall–Kier alpha value is -3.49. The van der Waals surface area contributed by atoms with Gasteiger partial charge >= 0.3 is 5.69 Å². The Kier molecular flexibility index (Phi) is 5.40. The van der Waals surface area contributed by atoms with Gasteiger partial charge in [-0.25, -0.2) is 5.43 Å². The number of phenols is 1. The molecule has 9 nitrogen and oxygen atoms in total. The second kappa shape index (κ2) is 7.68. The minimum Gasteiger partial charge on any atom is -0.500 e. The van der Waals surface area contributed by atoms with Crippen molar-refractivity contribution < 1.29 is 19.6 Å². The van der Waals surface area contributed by atoms with Gasteiger partial charge in [-0.1, -0.05) is 0 Å². The molecule has 0 unspecified atom stereocenters. The van der Waals surface area contributed by atoms with Gasteiger partial charge in [0.2, 0.25) is 5.75 Å². The van der Waals surface area contributed by atoms with Crippen molar-refractivity contribution in [2.24, 2.45) is 5.10 Å². The number of phenolic OH excluding ortho intramolecular Hbond substituents is 1. The first-order valence-electron chi connectivity index (χ1n) is 6.90. The number of nitrogens with zero attached hydrogens (tertiary/aromatic N) is 3. The van der Waals surface area contributed by atoms with Crippen molar-refractivity contribution >= 4 is 17.8 Å². The van der Waals surface area contributed by atoms with Gasteiger partial charge in [0.25, 0.3) is 5.91 Å².